The van der Waals surface area contributed by atoms with Crippen LogP contribution >= 0.6 is 0 Å². The Morgan fingerprint density at radius 3 is 3.00 bits per heavy atom. The highest BCUT2D eigenvalue weighted by Gasteiger charge is 2.23. The highest BCUT2D eigenvalue weighted by Crippen LogP contribution is 2.21. The van der Waals surface area contributed by atoms with E-state index in [2.05, 4.69) is 5.32 Å². The third-order valence-electron chi connectivity index (χ3n) is 3.85. The van der Waals surface area contributed by atoms with Gasteiger partial charge in [0.2, 0.25) is 0 Å². The van der Waals surface area contributed by atoms with Gasteiger partial charge in [-0.2, -0.15) is 0 Å². The molecule has 1 amide bonds. The van der Waals surface area contributed by atoms with E-state index in [1.807, 2.05) is 44.0 Å². The van der Waals surface area contributed by atoms with E-state index >= 15 is 0 Å². The van der Waals surface area contributed by atoms with Crippen LogP contribution in [0.25, 0.3) is 0 Å². The minimum atomic E-state index is 0.103. The van der Waals surface area contributed by atoms with Gasteiger partial charge in [0.05, 0.1) is 6.61 Å². The fraction of sp³-hybridized carbons (Fsp3) is 0.562. The van der Waals surface area contributed by atoms with Crippen molar-refractivity contribution in [3.05, 3.63) is 29.3 Å². The average molecular weight is 276 g/mol. The van der Waals surface area contributed by atoms with Gasteiger partial charge in [-0.1, -0.05) is 6.07 Å². The third-order valence-corrected chi connectivity index (χ3v) is 3.85. The van der Waals surface area contributed by atoms with E-state index in [4.69, 9.17) is 4.74 Å². The van der Waals surface area contributed by atoms with Crippen molar-refractivity contribution in [1.82, 2.24) is 10.2 Å². The Morgan fingerprint density at radius 2 is 2.30 bits per heavy atom. The van der Waals surface area contributed by atoms with Crippen LogP contribution in [0.5, 0.6) is 5.75 Å². The number of carbonyl (C=O) groups is 1. The summed E-state index contributed by atoms with van der Waals surface area (Å²) in [5, 5.41) is 3.26. The first kappa shape index (κ1) is 14.9. The van der Waals surface area contributed by atoms with Crippen molar-refractivity contribution in [3.63, 3.8) is 0 Å². The van der Waals surface area contributed by atoms with Gasteiger partial charge >= 0.3 is 0 Å². The number of carbonyl (C=O) groups excluding carboxylic acids is 1. The van der Waals surface area contributed by atoms with Crippen molar-refractivity contribution in [2.45, 2.75) is 32.7 Å². The summed E-state index contributed by atoms with van der Waals surface area (Å²) in [6.07, 6.45) is 2.19. The molecule has 1 heterocycles. The Morgan fingerprint density at radius 1 is 1.50 bits per heavy atom. The number of likely N-dealkylation sites (tertiary alicyclic amines) is 1. The minimum Gasteiger partial charge on any atom is -0.494 e. The van der Waals surface area contributed by atoms with Crippen LogP contribution in [-0.4, -0.2) is 43.6 Å². The van der Waals surface area contributed by atoms with Crippen LogP contribution in [0.1, 0.15) is 35.7 Å². The molecular formula is C16H24N2O2. The summed E-state index contributed by atoms with van der Waals surface area (Å²) in [6.45, 7) is 6.19. The van der Waals surface area contributed by atoms with Gasteiger partial charge in [-0.05, 0) is 51.4 Å². The molecule has 1 atom stereocenters. The van der Waals surface area contributed by atoms with Crippen LogP contribution in [0.15, 0.2) is 18.2 Å². The Balaban J connectivity index is 2.14. The minimum absolute atomic E-state index is 0.103. The van der Waals surface area contributed by atoms with Crippen LogP contribution in [-0.2, 0) is 0 Å². The molecule has 2 rings (SSSR count). The second-order valence-electron chi connectivity index (χ2n) is 5.29. The van der Waals surface area contributed by atoms with Crippen molar-refractivity contribution in [2.75, 3.05) is 26.7 Å². The van der Waals surface area contributed by atoms with Gasteiger partial charge < -0.3 is 15.0 Å². The SMILES string of the molecule is CCOc1cc(C(=O)N2CCCC(NC)C2)ccc1C. The summed E-state index contributed by atoms with van der Waals surface area (Å²) in [5.74, 6) is 0.909. The maximum atomic E-state index is 12.6. The molecule has 0 saturated carbocycles. The summed E-state index contributed by atoms with van der Waals surface area (Å²) in [5.41, 5.74) is 1.78. The molecule has 1 saturated heterocycles. The second kappa shape index (κ2) is 6.75. The van der Waals surface area contributed by atoms with E-state index in [0.717, 1.165) is 42.8 Å². The molecule has 20 heavy (non-hydrogen) atoms. The van der Waals surface area contributed by atoms with Crippen molar-refractivity contribution < 1.29 is 9.53 Å². The molecule has 4 heteroatoms. The molecule has 4 nitrogen and oxygen atoms in total. The van der Waals surface area contributed by atoms with Gasteiger partial charge in [0, 0.05) is 24.7 Å². The van der Waals surface area contributed by atoms with Gasteiger partial charge in [0.25, 0.3) is 5.91 Å². The van der Waals surface area contributed by atoms with Gasteiger partial charge in [0.15, 0.2) is 0 Å². The summed E-state index contributed by atoms with van der Waals surface area (Å²) in [4.78, 5) is 14.5. The number of benzene rings is 1. The number of rotatable bonds is 4. The summed E-state index contributed by atoms with van der Waals surface area (Å²) < 4.78 is 5.57. The highest BCUT2D eigenvalue weighted by molar-refractivity contribution is 5.94. The zero-order chi connectivity index (χ0) is 14.5. The first-order valence-electron chi connectivity index (χ1n) is 7.35. The topological polar surface area (TPSA) is 41.6 Å². The molecule has 0 aromatic heterocycles. The predicted octanol–water partition coefficient (Wildman–Crippen LogP) is 2.22. The first-order valence-corrected chi connectivity index (χ1v) is 7.35. The Kier molecular flexibility index (Phi) is 5.01. The van der Waals surface area contributed by atoms with Crippen LogP contribution in [0.2, 0.25) is 0 Å². The number of aryl methyl sites for hydroxylation is 1. The highest BCUT2D eigenvalue weighted by atomic mass is 16.5. The van der Waals surface area contributed by atoms with Gasteiger partial charge in [-0.25, -0.2) is 0 Å². The van der Waals surface area contributed by atoms with Gasteiger partial charge in [-0.3, -0.25) is 4.79 Å². The molecule has 110 valence electrons. The van der Waals surface area contributed by atoms with Gasteiger partial charge in [0.1, 0.15) is 5.75 Å². The molecule has 1 aromatic rings. The van der Waals surface area contributed by atoms with Crippen LogP contribution in [0, 0.1) is 6.92 Å². The largest absolute Gasteiger partial charge is 0.494 e. The van der Waals surface area contributed by atoms with E-state index < -0.39 is 0 Å². The zero-order valence-corrected chi connectivity index (χ0v) is 12.6. The van der Waals surface area contributed by atoms with Crippen molar-refractivity contribution in [2.24, 2.45) is 0 Å². The molecule has 0 spiro atoms. The molecule has 1 aliphatic heterocycles. The lowest BCUT2D eigenvalue weighted by molar-refractivity contribution is 0.0697. The van der Waals surface area contributed by atoms with Crippen LogP contribution in [0.3, 0.4) is 0 Å². The third kappa shape index (κ3) is 3.31. The van der Waals surface area contributed by atoms with E-state index in [0.29, 0.717) is 12.6 Å². The quantitative estimate of drug-likeness (QED) is 0.917. The predicted molar refractivity (Wildman–Crippen MR) is 80.3 cm³/mol. The number of nitrogens with zero attached hydrogens (tertiary/aromatic N) is 1. The normalized spacial score (nSPS) is 18.9. The summed E-state index contributed by atoms with van der Waals surface area (Å²) >= 11 is 0. The maximum Gasteiger partial charge on any atom is 0.254 e. The smallest absolute Gasteiger partial charge is 0.254 e. The monoisotopic (exact) mass is 276 g/mol. The Labute approximate surface area is 121 Å². The summed E-state index contributed by atoms with van der Waals surface area (Å²) in [6, 6.07) is 6.12. The van der Waals surface area contributed by atoms with E-state index in [9.17, 15) is 4.79 Å². The molecule has 0 radical (unpaired) electrons. The lowest BCUT2D eigenvalue weighted by Gasteiger charge is -2.32. The van der Waals surface area contributed by atoms with Crippen LogP contribution < -0.4 is 10.1 Å². The number of ether oxygens (including phenoxy) is 1. The molecule has 0 aliphatic carbocycles. The molecule has 1 aliphatic rings. The number of nitrogens with one attached hydrogen (secondary N) is 1. The van der Waals surface area contributed by atoms with Crippen LogP contribution in [0.4, 0.5) is 0 Å². The van der Waals surface area contributed by atoms with E-state index in [-0.39, 0.29) is 5.91 Å². The van der Waals surface area contributed by atoms with Crippen molar-refractivity contribution in [3.8, 4) is 5.75 Å². The molecule has 1 fully saturated rings. The number of amides is 1. The lowest BCUT2D eigenvalue weighted by Crippen LogP contribution is -2.46. The molecule has 0 bridgehead atoms. The van der Waals surface area contributed by atoms with Crippen molar-refractivity contribution >= 4 is 5.91 Å². The standard InChI is InChI=1S/C16H24N2O2/c1-4-20-15-10-13(8-7-12(15)2)16(19)18-9-5-6-14(11-18)17-3/h7-8,10,14,17H,4-6,9,11H2,1-3H3. The maximum absolute atomic E-state index is 12.6. The number of hydrogen-bond acceptors (Lipinski definition) is 3. The van der Waals surface area contributed by atoms with E-state index in [1.165, 1.54) is 0 Å². The Hall–Kier alpha value is -1.55. The van der Waals surface area contributed by atoms with Crippen molar-refractivity contribution in [1.29, 1.82) is 0 Å². The first-order chi connectivity index (χ1) is 9.65. The summed E-state index contributed by atoms with van der Waals surface area (Å²) in [7, 11) is 1.96. The number of hydrogen-bond donors (Lipinski definition) is 1. The van der Waals surface area contributed by atoms with Gasteiger partial charge in [-0.15, -0.1) is 0 Å². The number of piperidine rings is 1. The molecule has 1 N–H and O–H groups in total. The number of likely N-dealkylation sites (N-methyl/N-ethyl adjacent to an activating group) is 1. The lowest BCUT2D eigenvalue weighted by atomic mass is 10.0. The van der Waals surface area contributed by atoms with E-state index in [1.54, 1.807) is 0 Å². The fourth-order valence-electron chi connectivity index (χ4n) is 2.62. The zero-order valence-electron chi connectivity index (χ0n) is 12.6. The fourth-order valence-corrected chi connectivity index (χ4v) is 2.62. The average Bonchev–Trinajstić information content (AvgIpc) is 2.49. The molecule has 1 aromatic carbocycles. The molecular weight excluding hydrogens is 252 g/mol. The second-order valence-corrected chi connectivity index (χ2v) is 5.29. The molecule has 1 unspecified atom stereocenters. The Bertz CT molecular complexity index is 474.